The fourth-order valence-corrected chi connectivity index (χ4v) is 9.74. The van der Waals surface area contributed by atoms with Crippen LogP contribution in [0.15, 0.2) is 205 Å². The molecule has 0 aliphatic carbocycles. The van der Waals surface area contributed by atoms with E-state index in [0.717, 1.165) is 50.0 Å². The van der Waals surface area contributed by atoms with Crippen LogP contribution in [0.1, 0.15) is 0 Å². The molecule has 0 N–H and O–H groups in total. The van der Waals surface area contributed by atoms with Crippen molar-refractivity contribution >= 4 is 87.4 Å². The third-order valence-corrected chi connectivity index (χ3v) is 12.2. The Morgan fingerprint density at radius 2 is 0.759 bits per heavy atom. The van der Waals surface area contributed by atoms with Gasteiger partial charge < -0.3 is 18.1 Å². The number of nitrogens with zero attached hydrogens (tertiary/aromatic N) is 3. The first-order valence-electron chi connectivity index (χ1n) is 19.8. The average Bonchev–Trinajstić information content (AvgIpc) is 4.02. The van der Waals surface area contributed by atoms with Crippen LogP contribution in [0.2, 0.25) is 0 Å². The van der Waals surface area contributed by atoms with Gasteiger partial charge in [0.1, 0.15) is 11.2 Å². The summed E-state index contributed by atoms with van der Waals surface area (Å²) in [5, 5.41) is 9.63. The zero-order valence-corrected chi connectivity index (χ0v) is 31.3. The lowest BCUT2D eigenvalue weighted by Gasteiger charge is -2.12. The van der Waals surface area contributed by atoms with Crippen LogP contribution in [-0.4, -0.2) is 13.7 Å². The molecule has 0 radical (unpaired) electrons. The lowest BCUT2D eigenvalue weighted by Crippen LogP contribution is -1.96. The molecule has 0 amide bonds. The van der Waals surface area contributed by atoms with E-state index in [1.807, 2.05) is 0 Å². The zero-order chi connectivity index (χ0) is 37.9. The molecule has 0 fully saturated rings. The minimum Gasteiger partial charge on any atom is -0.456 e. The number of para-hydroxylation sites is 4. The number of hydrogen-bond donors (Lipinski definition) is 0. The second-order valence-corrected chi connectivity index (χ2v) is 15.3. The van der Waals surface area contributed by atoms with E-state index in [4.69, 9.17) is 4.42 Å². The highest BCUT2D eigenvalue weighted by Gasteiger charge is 2.22. The fourth-order valence-electron chi connectivity index (χ4n) is 9.74. The van der Waals surface area contributed by atoms with Crippen molar-refractivity contribution in [1.29, 1.82) is 0 Å². The quantitative estimate of drug-likeness (QED) is 0.177. The standard InChI is InChI=1S/C54H33N3O/c1-2-13-34(14-3-1)35-15-12-16-36(31-35)57-48-23-10-6-19-41(48)42-27-28-50-53(54(42)57)43-20-7-11-24-49(43)56(50)38-26-30-52-45(33-38)44-32-37(25-29-51(44)58-52)55-46-21-8-4-17-39(46)40-18-5-9-22-47(40)55/h1-33H. The van der Waals surface area contributed by atoms with Crippen LogP contribution >= 0.6 is 0 Å². The summed E-state index contributed by atoms with van der Waals surface area (Å²) in [4.78, 5) is 0. The Bertz CT molecular complexity index is 3750. The van der Waals surface area contributed by atoms with E-state index in [9.17, 15) is 0 Å². The number of hydrogen-bond acceptors (Lipinski definition) is 1. The smallest absolute Gasteiger partial charge is 0.135 e. The molecule has 58 heavy (non-hydrogen) atoms. The molecule has 270 valence electrons. The van der Waals surface area contributed by atoms with Crippen LogP contribution in [-0.2, 0) is 0 Å². The minimum absolute atomic E-state index is 0.875. The van der Waals surface area contributed by atoms with Crippen molar-refractivity contribution in [2.24, 2.45) is 0 Å². The molecule has 4 heterocycles. The van der Waals surface area contributed by atoms with Gasteiger partial charge in [-0.05, 0) is 90.0 Å². The number of aromatic nitrogens is 3. The van der Waals surface area contributed by atoms with Crippen molar-refractivity contribution in [3.05, 3.63) is 200 Å². The Morgan fingerprint density at radius 1 is 0.276 bits per heavy atom. The van der Waals surface area contributed by atoms with Crippen LogP contribution < -0.4 is 0 Å². The molecule has 0 bridgehead atoms. The van der Waals surface area contributed by atoms with E-state index in [1.165, 1.54) is 65.5 Å². The minimum atomic E-state index is 0.875. The predicted octanol–water partition coefficient (Wildman–Crippen LogP) is 14.5. The van der Waals surface area contributed by atoms with Gasteiger partial charge in [-0.15, -0.1) is 0 Å². The van der Waals surface area contributed by atoms with Crippen molar-refractivity contribution in [2.45, 2.75) is 0 Å². The van der Waals surface area contributed by atoms with Gasteiger partial charge >= 0.3 is 0 Å². The Labute approximate surface area is 332 Å². The number of fused-ring (bicyclic) bond motifs is 13. The highest BCUT2D eigenvalue weighted by atomic mass is 16.3. The topological polar surface area (TPSA) is 27.9 Å². The van der Waals surface area contributed by atoms with Gasteiger partial charge in [0.05, 0.1) is 33.1 Å². The number of benzene rings is 9. The summed E-state index contributed by atoms with van der Waals surface area (Å²) in [6, 6.07) is 72.5. The first kappa shape index (κ1) is 31.4. The SMILES string of the molecule is c1ccc(-c2cccc(-n3c4ccccc4c4ccc5c(c6ccccc6n5-c5ccc6oc7ccc(-n8c9ccccc9c9ccccc98)cc7c6c5)c43)c2)cc1. The lowest BCUT2D eigenvalue weighted by molar-refractivity contribution is 0.669. The van der Waals surface area contributed by atoms with E-state index in [1.54, 1.807) is 0 Å². The molecule has 4 nitrogen and oxygen atoms in total. The largest absolute Gasteiger partial charge is 0.456 e. The summed E-state index contributed by atoms with van der Waals surface area (Å²) in [7, 11) is 0. The molecule has 4 heteroatoms. The molecule has 0 saturated heterocycles. The molecule has 0 aliphatic heterocycles. The molecule has 4 aromatic heterocycles. The van der Waals surface area contributed by atoms with E-state index in [2.05, 4.69) is 214 Å². The molecule has 0 spiro atoms. The first-order chi connectivity index (χ1) is 28.8. The van der Waals surface area contributed by atoms with E-state index in [-0.39, 0.29) is 0 Å². The van der Waals surface area contributed by atoms with Crippen LogP contribution in [0.25, 0.3) is 116 Å². The molecule has 0 aliphatic rings. The maximum atomic E-state index is 6.52. The van der Waals surface area contributed by atoms with Gasteiger partial charge in [-0.3, -0.25) is 0 Å². The Hall–Kier alpha value is -7.82. The molecule has 13 rings (SSSR count). The molecule has 0 atom stereocenters. The van der Waals surface area contributed by atoms with Crippen LogP contribution in [0.4, 0.5) is 0 Å². The number of furan rings is 1. The fraction of sp³-hybridized carbons (Fsp3) is 0. The van der Waals surface area contributed by atoms with Gasteiger partial charge in [-0.25, -0.2) is 0 Å². The predicted molar refractivity (Wildman–Crippen MR) is 242 cm³/mol. The highest BCUT2D eigenvalue weighted by molar-refractivity contribution is 6.26. The normalized spacial score (nSPS) is 12.1. The molecule has 0 unspecified atom stereocenters. The van der Waals surface area contributed by atoms with Gasteiger partial charge in [0, 0.05) is 60.2 Å². The summed E-state index contributed by atoms with van der Waals surface area (Å²) in [6.45, 7) is 0. The van der Waals surface area contributed by atoms with Crippen LogP contribution in [0, 0.1) is 0 Å². The average molecular weight is 740 g/mol. The summed E-state index contributed by atoms with van der Waals surface area (Å²) in [5.74, 6) is 0. The monoisotopic (exact) mass is 739 g/mol. The Morgan fingerprint density at radius 3 is 1.40 bits per heavy atom. The van der Waals surface area contributed by atoms with Crippen molar-refractivity contribution in [1.82, 2.24) is 13.7 Å². The van der Waals surface area contributed by atoms with Crippen molar-refractivity contribution < 1.29 is 4.42 Å². The maximum absolute atomic E-state index is 6.52. The Kier molecular flexibility index (Phi) is 6.41. The molecular weight excluding hydrogens is 707 g/mol. The summed E-state index contributed by atoms with van der Waals surface area (Å²) >= 11 is 0. The molecule has 9 aromatic carbocycles. The Balaban J connectivity index is 1.07. The molecule has 13 aromatic rings. The van der Waals surface area contributed by atoms with Gasteiger partial charge in [-0.2, -0.15) is 0 Å². The lowest BCUT2D eigenvalue weighted by atomic mass is 10.0. The van der Waals surface area contributed by atoms with Gasteiger partial charge in [0.25, 0.3) is 0 Å². The summed E-state index contributed by atoms with van der Waals surface area (Å²) in [5.41, 5.74) is 14.6. The second kappa shape index (κ2) is 11.8. The summed E-state index contributed by atoms with van der Waals surface area (Å²) in [6.07, 6.45) is 0. The first-order valence-corrected chi connectivity index (χ1v) is 19.8. The van der Waals surface area contributed by atoms with E-state index >= 15 is 0 Å². The number of rotatable bonds is 4. The van der Waals surface area contributed by atoms with Crippen LogP contribution in [0.3, 0.4) is 0 Å². The highest BCUT2D eigenvalue weighted by Crippen LogP contribution is 2.43. The third kappa shape index (κ3) is 4.34. The van der Waals surface area contributed by atoms with Gasteiger partial charge in [-0.1, -0.05) is 121 Å². The van der Waals surface area contributed by atoms with Crippen LogP contribution in [0.5, 0.6) is 0 Å². The van der Waals surface area contributed by atoms with Gasteiger partial charge in [0.15, 0.2) is 0 Å². The maximum Gasteiger partial charge on any atom is 0.135 e. The molecular formula is C54H33N3O. The zero-order valence-electron chi connectivity index (χ0n) is 31.3. The van der Waals surface area contributed by atoms with Gasteiger partial charge in [0.2, 0.25) is 0 Å². The van der Waals surface area contributed by atoms with E-state index in [0.29, 0.717) is 0 Å². The van der Waals surface area contributed by atoms with E-state index < -0.39 is 0 Å². The molecule has 0 saturated carbocycles. The van der Waals surface area contributed by atoms with Crippen molar-refractivity contribution in [3.63, 3.8) is 0 Å². The van der Waals surface area contributed by atoms with Crippen molar-refractivity contribution in [2.75, 3.05) is 0 Å². The third-order valence-electron chi connectivity index (χ3n) is 12.2. The summed E-state index contributed by atoms with van der Waals surface area (Å²) < 4.78 is 13.8. The second-order valence-electron chi connectivity index (χ2n) is 15.3. The van der Waals surface area contributed by atoms with Crippen molar-refractivity contribution in [3.8, 4) is 28.2 Å².